The molecule has 0 unspecified atom stereocenters. The highest BCUT2D eigenvalue weighted by molar-refractivity contribution is 9.10. The molecule has 0 aliphatic carbocycles. The molecule has 0 radical (unpaired) electrons. The van der Waals surface area contributed by atoms with Crippen LogP contribution in [0.2, 0.25) is 0 Å². The van der Waals surface area contributed by atoms with Crippen LogP contribution in [0.15, 0.2) is 70.7 Å². The maximum atomic E-state index is 13.5. The zero-order valence-electron chi connectivity index (χ0n) is 21.6. The molecule has 204 valence electrons. The van der Waals surface area contributed by atoms with Crippen molar-refractivity contribution in [1.29, 1.82) is 0 Å². The molecule has 0 saturated carbocycles. The number of benzene rings is 3. The number of halogens is 1. The Bertz CT molecular complexity index is 1540. The number of methoxy groups -OCH3 is 1. The van der Waals surface area contributed by atoms with Gasteiger partial charge in [-0.2, -0.15) is 0 Å². The molecule has 2 aliphatic rings. The fraction of sp³-hybridized carbons (Fsp3) is 0.172. The number of hydrogen-bond donors (Lipinski definition) is 1. The molecule has 1 N–H and O–H groups in total. The van der Waals surface area contributed by atoms with Gasteiger partial charge in [-0.05, 0) is 60.5 Å². The van der Waals surface area contributed by atoms with Gasteiger partial charge in [0.1, 0.15) is 5.57 Å². The minimum Gasteiger partial charge on any atom is -0.492 e. The average Bonchev–Trinajstić information content (AvgIpc) is 3.43. The van der Waals surface area contributed by atoms with Crippen LogP contribution in [0.4, 0.5) is 10.5 Å². The van der Waals surface area contributed by atoms with Crippen molar-refractivity contribution < 1.29 is 33.4 Å². The third kappa shape index (κ3) is 5.15. The Kier molecular flexibility index (Phi) is 7.56. The predicted octanol–water partition coefficient (Wildman–Crippen LogP) is 4.17. The van der Waals surface area contributed by atoms with Crippen molar-refractivity contribution >= 4 is 51.4 Å². The van der Waals surface area contributed by atoms with Crippen LogP contribution in [0.5, 0.6) is 17.2 Å². The highest BCUT2D eigenvalue weighted by Crippen LogP contribution is 2.46. The van der Waals surface area contributed by atoms with E-state index in [0.29, 0.717) is 46.8 Å². The number of carbonyl (C=O) groups excluding carboxylic acids is 4. The molecule has 0 spiro atoms. The zero-order chi connectivity index (χ0) is 28.4. The maximum Gasteiger partial charge on any atom is 0.335 e. The van der Waals surface area contributed by atoms with Crippen molar-refractivity contribution in [2.24, 2.45) is 0 Å². The van der Waals surface area contributed by atoms with E-state index in [1.165, 1.54) is 13.2 Å². The van der Waals surface area contributed by atoms with Crippen molar-refractivity contribution in [3.05, 3.63) is 87.4 Å². The Balaban J connectivity index is 1.52. The fourth-order valence-electron chi connectivity index (χ4n) is 4.46. The Morgan fingerprint density at radius 2 is 1.82 bits per heavy atom. The molecule has 0 aromatic heterocycles. The van der Waals surface area contributed by atoms with Crippen LogP contribution in [0.25, 0.3) is 6.08 Å². The topological polar surface area (TPSA) is 114 Å². The lowest BCUT2D eigenvalue weighted by molar-refractivity contribution is -0.122. The van der Waals surface area contributed by atoms with E-state index in [2.05, 4.69) is 21.2 Å². The van der Waals surface area contributed by atoms with Gasteiger partial charge in [-0.15, -0.1) is 0 Å². The van der Waals surface area contributed by atoms with Gasteiger partial charge in [0.2, 0.25) is 12.5 Å². The third-order valence-corrected chi connectivity index (χ3v) is 7.04. The van der Waals surface area contributed by atoms with Crippen LogP contribution >= 0.6 is 15.9 Å². The molecule has 1 saturated heterocycles. The molecule has 10 nitrogen and oxygen atoms in total. The summed E-state index contributed by atoms with van der Waals surface area (Å²) in [5.74, 6) is -0.752. The minimum absolute atomic E-state index is 0.0250. The summed E-state index contributed by atoms with van der Waals surface area (Å²) in [7, 11) is 3.13. The second-order valence-electron chi connectivity index (χ2n) is 8.99. The molecule has 1 fully saturated rings. The standard InChI is InChI=1S/C29H24BrN3O7/c1-32(27(35)17-6-4-3-5-7-17)13-12-18-14-23-25(40-16-39-23)24(38-2)21(18)15-22-26(34)31-29(37)33(28(22)36)20-10-8-19(30)9-11-20/h3-11,14-15H,12-13,16H2,1-2H3,(H,31,34,37)/b22-15-. The first-order chi connectivity index (χ1) is 19.3. The molecule has 0 atom stereocenters. The molecule has 0 bridgehead atoms. The molecule has 3 aromatic carbocycles. The number of anilines is 1. The predicted molar refractivity (Wildman–Crippen MR) is 149 cm³/mol. The van der Waals surface area contributed by atoms with E-state index in [1.807, 2.05) is 6.07 Å². The maximum absolute atomic E-state index is 13.5. The number of fused-ring (bicyclic) bond motifs is 1. The Morgan fingerprint density at radius 3 is 2.52 bits per heavy atom. The first kappa shape index (κ1) is 26.9. The molecule has 2 heterocycles. The van der Waals surface area contributed by atoms with E-state index >= 15 is 0 Å². The summed E-state index contributed by atoms with van der Waals surface area (Å²) < 4.78 is 17.6. The van der Waals surface area contributed by atoms with Crippen LogP contribution < -0.4 is 24.4 Å². The largest absolute Gasteiger partial charge is 0.492 e. The number of urea groups is 1. The number of barbiturate groups is 1. The number of amides is 5. The smallest absolute Gasteiger partial charge is 0.335 e. The molecule has 2 aliphatic heterocycles. The number of nitrogens with one attached hydrogen (secondary N) is 1. The van der Waals surface area contributed by atoms with Crippen LogP contribution in [0.1, 0.15) is 21.5 Å². The van der Waals surface area contributed by atoms with Crippen molar-refractivity contribution in [3.63, 3.8) is 0 Å². The van der Waals surface area contributed by atoms with Gasteiger partial charge in [-0.25, -0.2) is 9.69 Å². The van der Waals surface area contributed by atoms with Crippen molar-refractivity contribution in [2.75, 3.05) is 32.4 Å². The Morgan fingerprint density at radius 1 is 1.10 bits per heavy atom. The van der Waals surface area contributed by atoms with E-state index in [9.17, 15) is 19.2 Å². The first-order valence-electron chi connectivity index (χ1n) is 12.3. The van der Waals surface area contributed by atoms with Gasteiger partial charge in [-0.1, -0.05) is 34.1 Å². The van der Waals surface area contributed by atoms with Gasteiger partial charge in [0.05, 0.1) is 12.8 Å². The summed E-state index contributed by atoms with van der Waals surface area (Å²) >= 11 is 3.33. The van der Waals surface area contributed by atoms with Crippen LogP contribution in [-0.4, -0.2) is 56.1 Å². The van der Waals surface area contributed by atoms with Crippen molar-refractivity contribution in [3.8, 4) is 17.2 Å². The average molecular weight is 606 g/mol. The van der Waals surface area contributed by atoms with Gasteiger partial charge in [-0.3, -0.25) is 19.7 Å². The lowest BCUT2D eigenvalue weighted by atomic mass is 9.97. The summed E-state index contributed by atoms with van der Waals surface area (Å²) in [5, 5.41) is 2.23. The van der Waals surface area contributed by atoms with Crippen LogP contribution in [-0.2, 0) is 16.0 Å². The molecule has 5 amide bonds. The fourth-order valence-corrected chi connectivity index (χ4v) is 4.73. The van der Waals surface area contributed by atoms with E-state index in [1.54, 1.807) is 66.5 Å². The number of nitrogens with zero attached hydrogens (tertiary/aromatic N) is 2. The van der Waals surface area contributed by atoms with E-state index in [0.717, 1.165) is 9.37 Å². The molecule has 3 aromatic rings. The van der Waals surface area contributed by atoms with Crippen molar-refractivity contribution in [1.82, 2.24) is 10.2 Å². The van der Waals surface area contributed by atoms with Gasteiger partial charge in [0.15, 0.2) is 11.5 Å². The van der Waals surface area contributed by atoms with E-state index in [-0.39, 0.29) is 24.0 Å². The highest BCUT2D eigenvalue weighted by Gasteiger charge is 2.37. The van der Waals surface area contributed by atoms with Gasteiger partial charge in [0, 0.05) is 29.2 Å². The normalized spacial score (nSPS) is 15.3. The quantitative estimate of drug-likeness (QED) is 0.317. The molecule has 40 heavy (non-hydrogen) atoms. The molecule has 5 rings (SSSR count). The Labute approximate surface area is 238 Å². The molecular formula is C29H24BrN3O7. The molecule has 11 heteroatoms. The van der Waals surface area contributed by atoms with Gasteiger partial charge >= 0.3 is 6.03 Å². The second kappa shape index (κ2) is 11.2. The van der Waals surface area contributed by atoms with Crippen molar-refractivity contribution in [2.45, 2.75) is 6.42 Å². The minimum atomic E-state index is -0.853. The SMILES string of the molecule is COc1c(/C=C2/C(=O)NC(=O)N(c3ccc(Br)cc3)C2=O)c(CCN(C)C(=O)c2ccccc2)cc2c1OCO2. The van der Waals surface area contributed by atoms with Gasteiger partial charge in [0.25, 0.3) is 17.7 Å². The first-order valence-corrected chi connectivity index (χ1v) is 13.0. The lowest BCUT2D eigenvalue weighted by Crippen LogP contribution is -2.54. The number of rotatable bonds is 7. The van der Waals surface area contributed by atoms with Crippen LogP contribution in [0.3, 0.4) is 0 Å². The van der Waals surface area contributed by atoms with Gasteiger partial charge < -0.3 is 19.1 Å². The Hall–Kier alpha value is -4.64. The van der Waals surface area contributed by atoms with E-state index in [4.69, 9.17) is 14.2 Å². The number of ether oxygens (including phenoxy) is 3. The number of hydrogen-bond acceptors (Lipinski definition) is 7. The zero-order valence-corrected chi connectivity index (χ0v) is 23.2. The second-order valence-corrected chi connectivity index (χ2v) is 9.91. The monoisotopic (exact) mass is 605 g/mol. The molecular weight excluding hydrogens is 582 g/mol. The summed E-state index contributed by atoms with van der Waals surface area (Å²) in [6, 6.07) is 16.3. The summed E-state index contributed by atoms with van der Waals surface area (Å²) in [6.07, 6.45) is 1.72. The van der Waals surface area contributed by atoms with Crippen LogP contribution in [0, 0.1) is 0 Å². The number of imide groups is 2. The number of carbonyl (C=O) groups is 4. The summed E-state index contributed by atoms with van der Waals surface area (Å²) in [6.45, 7) is 0.291. The third-order valence-electron chi connectivity index (χ3n) is 6.51. The summed E-state index contributed by atoms with van der Waals surface area (Å²) in [4.78, 5) is 54.4. The van der Waals surface area contributed by atoms with E-state index < -0.39 is 17.8 Å². The lowest BCUT2D eigenvalue weighted by Gasteiger charge is -2.27. The highest BCUT2D eigenvalue weighted by atomic mass is 79.9. The summed E-state index contributed by atoms with van der Waals surface area (Å²) in [5.41, 5.74) is 1.63. The number of likely N-dealkylation sites (N-methyl/N-ethyl adjacent to an activating group) is 1.